The molecule has 2 saturated heterocycles. The molecule has 3 aromatic heterocycles. The van der Waals surface area contributed by atoms with Crippen LogP contribution in [0.25, 0.3) is 22.0 Å². The van der Waals surface area contributed by atoms with Crippen LogP contribution in [0.15, 0.2) is 42.7 Å². The van der Waals surface area contributed by atoms with Crippen molar-refractivity contribution in [3.8, 4) is 22.9 Å². The van der Waals surface area contributed by atoms with Crippen LogP contribution in [0.1, 0.15) is 37.8 Å². The SMILES string of the molecule is COc1cncc(-c2ccc3c(Nc4cc(C)[nH]n4)nc(NC4C[C@H]5CC[C@@H](C4)N5CCC#N)nc3c2)c1. The van der Waals surface area contributed by atoms with Gasteiger partial charge in [-0.3, -0.25) is 15.0 Å². The number of methoxy groups -OCH3 is 1. The fourth-order valence-corrected chi connectivity index (χ4v) is 5.88. The predicted molar refractivity (Wildman–Crippen MR) is 146 cm³/mol. The number of nitrogens with zero attached hydrogens (tertiary/aromatic N) is 6. The molecule has 2 fully saturated rings. The summed E-state index contributed by atoms with van der Waals surface area (Å²) < 4.78 is 5.37. The molecule has 10 nitrogen and oxygen atoms in total. The standard InChI is InChI=1S/C28H31N9O/c1-17-10-26(36-35-17)33-27-24-7-4-18(19-11-23(38-2)16-30-15-19)12-25(24)32-28(34-27)31-20-13-21-5-6-22(14-20)37(21)9-3-8-29/h4,7,10-12,15-16,20-22H,3,5-6,9,13-14H2,1-2H3,(H3,31,32,33,34,35,36)/t20?,21-,22+. The first kappa shape index (κ1) is 24.1. The van der Waals surface area contributed by atoms with Crippen LogP contribution in [0.4, 0.5) is 17.6 Å². The molecule has 2 aliphatic rings. The first-order chi connectivity index (χ1) is 18.6. The highest BCUT2D eigenvalue weighted by atomic mass is 16.5. The summed E-state index contributed by atoms with van der Waals surface area (Å²) in [5.41, 5.74) is 3.75. The highest BCUT2D eigenvalue weighted by Crippen LogP contribution is 2.37. The van der Waals surface area contributed by atoms with Gasteiger partial charge in [-0.2, -0.15) is 15.3 Å². The Bertz CT molecular complexity index is 1480. The van der Waals surface area contributed by atoms with E-state index in [1.165, 1.54) is 12.8 Å². The van der Waals surface area contributed by atoms with Crippen molar-refractivity contribution < 1.29 is 4.74 Å². The van der Waals surface area contributed by atoms with Crippen molar-refractivity contribution in [1.82, 2.24) is 30.0 Å². The zero-order valence-corrected chi connectivity index (χ0v) is 21.6. The van der Waals surface area contributed by atoms with Crippen LogP contribution in [-0.2, 0) is 0 Å². The second-order valence-electron chi connectivity index (χ2n) is 10.1. The van der Waals surface area contributed by atoms with Gasteiger partial charge in [-0.05, 0) is 56.4 Å². The smallest absolute Gasteiger partial charge is 0.225 e. The van der Waals surface area contributed by atoms with E-state index in [-0.39, 0.29) is 6.04 Å². The van der Waals surface area contributed by atoms with Gasteiger partial charge in [-0.1, -0.05) is 6.07 Å². The Morgan fingerprint density at radius 1 is 1.11 bits per heavy atom. The van der Waals surface area contributed by atoms with E-state index < -0.39 is 0 Å². The van der Waals surface area contributed by atoms with Gasteiger partial charge in [-0.15, -0.1) is 0 Å². The number of aromatic amines is 1. The number of pyridine rings is 1. The third-order valence-corrected chi connectivity index (χ3v) is 7.63. The Kier molecular flexibility index (Phi) is 6.52. The first-order valence-electron chi connectivity index (χ1n) is 13.1. The van der Waals surface area contributed by atoms with Crippen molar-refractivity contribution in [2.75, 3.05) is 24.3 Å². The first-order valence-corrected chi connectivity index (χ1v) is 13.1. The summed E-state index contributed by atoms with van der Waals surface area (Å²) in [6.45, 7) is 2.83. The Hall–Kier alpha value is -4.23. The molecule has 2 bridgehead atoms. The average Bonchev–Trinajstić information content (AvgIpc) is 3.45. The van der Waals surface area contributed by atoms with Crippen LogP contribution in [-0.4, -0.2) is 61.8 Å². The molecule has 3 N–H and O–H groups in total. The molecule has 0 spiro atoms. The summed E-state index contributed by atoms with van der Waals surface area (Å²) in [6.07, 6.45) is 8.55. The number of fused-ring (bicyclic) bond motifs is 3. The van der Waals surface area contributed by atoms with E-state index in [1.54, 1.807) is 13.3 Å². The van der Waals surface area contributed by atoms with Crippen LogP contribution in [0.2, 0.25) is 0 Å². The summed E-state index contributed by atoms with van der Waals surface area (Å²) in [5, 5.41) is 24.3. The van der Waals surface area contributed by atoms with Crippen LogP contribution in [0, 0.1) is 18.3 Å². The zero-order valence-electron chi connectivity index (χ0n) is 21.6. The van der Waals surface area contributed by atoms with Crippen molar-refractivity contribution in [3.63, 3.8) is 0 Å². The molecule has 0 radical (unpaired) electrons. The Morgan fingerprint density at radius 3 is 2.68 bits per heavy atom. The molecule has 194 valence electrons. The quantitative estimate of drug-likeness (QED) is 0.307. The molecule has 0 amide bonds. The number of nitrogens with one attached hydrogen (secondary N) is 3. The van der Waals surface area contributed by atoms with Gasteiger partial charge in [0.1, 0.15) is 11.6 Å². The molecule has 0 aliphatic carbocycles. The van der Waals surface area contributed by atoms with Gasteiger partial charge in [0.05, 0.1) is 24.9 Å². The number of hydrogen-bond acceptors (Lipinski definition) is 9. The molecular formula is C28H31N9O. The molecule has 3 atom stereocenters. The molecule has 4 aromatic rings. The lowest BCUT2D eigenvalue weighted by Crippen LogP contribution is -2.47. The van der Waals surface area contributed by atoms with E-state index in [4.69, 9.17) is 20.0 Å². The fourth-order valence-electron chi connectivity index (χ4n) is 5.88. The van der Waals surface area contributed by atoms with E-state index in [1.807, 2.05) is 37.4 Å². The number of rotatable bonds is 8. The maximum absolute atomic E-state index is 9.05. The van der Waals surface area contributed by atoms with E-state index in [0.717, 1.165) is 47.1 Å². The van der Waals surface area contributed by atoms with Crippen LogP contribution in [0.3, 0.4) is 0 Å². The number of aromatic nitrogens is 5. The lowest BCUT2D eigenvalue weighted by Gasteiger charge is -2.38. The number of aryl methyl sites for hydroxylation is 1. The predicted octanol–water partition coefficient (Wildman–Crippen LogP) is 4.80. The monoisotopic (exact) mass is 509 g/mol. The molecule has 2 aliphatic heterocycles. The summed E-state index contributed by atoms with van der Waals surface area (Å²) in [7, 11) is 1.64. The van der Waals surface area contributed by atoms with E-state index in [9.17, 15) is 0 Å². The number of ether oxygens (including phenoxy) is 1. The average molecular weight is 510 g/mol. The minimum atomic E-state index is 0.287. The molecule has 0 saturated carbocycles. The van der Waals surface area contributed by atoms with E-state index in [0.29, 0.717) is 41.8 Å². The number of H-pyrrole nitrogens is 1. The van der Waals surface area contributed by atoms with Crippen LogP contribution < -0.4 is 15.4 Å². The maximum Gasteiger partial charge on any atom is 0.225 e. The van der Waals surface area contributed by atoms with Crippen LogP contribution in [0.5, 0.6) is 5.75 Å². The molecule has 1 aromatic carbocycles. The van der Waals surface area contributed by atoms with Gasteiger partial charge in [0.15, 0.2) is 5.82 Å². The van der Waals surface area contributed by atoms with Gasteiger partial charge >= 0.3 is 0 Å². The van der Waals surface area contributed by atoms with Gasteiger partial charge in [-0.25, -0.2) is 4.98 Å². The van der Waals surface area contributed by atoms with Gasteiger partial charge < -0.3 is 15.4 Å². The maximum atomic E-state index is 9.05. The third kappa shape index (κ3) is 4.85. The minimum absolute atomic E-state index is 0.287. The van der Waals surface area contributed by atoms with E-state index >= 15 is 0 Å². The molecule has 38 heavy (non-hydrogen) atoms. The lowest BCUT2D eigenvalue weighted by molar-refractivity contribution is 0.135. The third-order valence-electron chi connectivity index (χ3n) is 7.63. The summed E-state index contributed by atoms with van der Waals surface area (Å²) in [4.78, 5) is 16.7. The number of anilines is 3. The second-order valence-corrected chi connectivity index (χ2v) is 10.1. The van der Waals surface area contributed by atoms with Gasteiger partial charge in [0, 0.05) is 60.0 Å². The Labute approximate surface area is 221 Å². The van der Waals surface area contributed by atoms with Crippen molar-refractivity contribution in [2.24, 2.45) is 0 Å². The number of nitriles is 1. The zero-order chi connectivity index (χ0) is 26.1. The van der Waals surface area contributed by atoms with E-state index in [2.05, 4.69) is 42.9 Å². The van der Waals surface area contributed by atoms with Gasteiger partial charge in [0.2, 0.25) is 5.95 Å². The molecule has 1 unspecified atom stereocenters. The normalized spacial score (nSPS) is 20.8. The lowest BCUT2D eigenvalue weighted by atomic mass is 9.97. The molecule has 6 rings (SSSR count). The van der Waals surface area contributed by atoms with Crippen molar-refractivity contribution in [2.45, 2.75) is 57.2 Å². The highest BCUT2D eigenvalue weighted by Gasteiger charge is 2.40. The number of piperidine rings is 1. The Morgan fingerprint density at radius 2 is 1.95 bits per heavy atom. The fraction of sp³-hybridized carbons (Fsp3) is 0.393. The van der Waals surface area contributed by atoms with Crippen molar-refractivity contribution in [3.05, 3.63) is 48.4 Å². The van der Waals surface area contributed by atoms with Crippen LogP contribution >= 0.6 is 0 Å². The highest BCUT2D eigenvalue weighted by molar-refractivity contribution is 5.94. The second kappa shape index (κ2) is 10.3. The van der Waals surface area contributed by atoms with Gasteiger partial charge in [0.25, 0.3) is 0 Å². The Balaban J connectivity index is 1.32. The summed E-state index contributed by atoms with van der Waals surface area (Å²) >= 11 is 0. The largest absolute Gasteiger partial charge is 0.495 e. The minimum Gasteiger partial charge on any atom is -0.495 e. The topological polar surface area (TPSA) is 128 Å². The van der Waals surface area contributed by atoms with Crippen molar-refractivity contribution in [1.29, 1.82) is 5.26 Å². The summed E-state index contributed by atoms with van der Waals surface area (Å²) in [6, 6.07) is 13.7. The molecule has 10 heteroatoms. The summed E-state index contributed by atoms with van der Waals surface area (Å²) in [5.74, 6) is 2.72. The molecule has 5 heterocycles. The number of hydrogen-bond donors (Lipinski definition) is 3. The molecular weight excluding hydrogens is 478 g/mol. The number of benzene rings is 1. The van der Waals surface area contributed by atoms with Crippen molar-refractivity contribution >= 4 is 28.5 Å².